The molecular formula is C12H17N3O3. The van der Waals surface area contributed by atoms with Crippen LogP contribution in [0.15, 0.2) is 23.1 Å². The van der Waals surface area contributed by atoms with Crippen LogP contribution < -0.4 is 5.56 Å². The molecule has 1 aromatic rings. The van der Waals surface area contributed by atoms with Crippen LogP contribution >= 0.6 is 0 Å². The van der Waals surface area contributed by atoms with Crippen LogP contribution in [-0.4, -0.2) is 65.1 Å². The van der Waals surface area contributed by atoms with Crippen molar-refractivity contribution in [2.24, 2.45) is 0 Å². The average Bonchev–Trinajstić information content (AvgIpc) is 2.39. The lowest BCUT2D eigenvalue weighted by Crippen LogP contribution is -2.49. The van der Waals surface area contributed by atoms with E-state index in [-0.39, 0.29) is 18.1 Å². The Labute approximate surface area is 105 Å². The van der Waals surface area contributed by atoms with Crippen LogP contribution in [-0.2, 0) is 0 Å². The number of amides is 1. The number of hydrogen-bond donors (Lipinski definition) is 2. The number of piperazine rings is 1. The lowest BCUT2D eigenvalue weighted by molar-refractivity contribution is 0.0615. The summed E-state index contributed by atoms with van der Waals surface area (Å²) in [6, 6.07) is 2.94. The molecule has 1 fully saturated rings. The summed E-state index contributed by atoms with van der Waals surface area (Å²) >= 11 is 0. The van der Waals surface area contributed by atoms with Gasteiger partial charge in [0.25, 0.3) is 5.91 Å². The Hall–Kier alpha value is -1.66. The molecule has 0 bridgehead atoms. The lowest BCUT2D eigenvalue weighted by atomic mass is 10.2. The Bertz CT molecular complexity index is 464. The first-order valence-corrected chi connectivity index (χ1v) is 6.02. The van der Waals surface area contributed by atoms with E-state index < -0.39 is 0 Å². The van der Waals surface area contributed by atoms with Gasteiger partial charge in [-0.05, 0) is 6.07 Å². The number of nitrogens with one attached hydrogen (secondary N) is 1. The summed E-state index contributed by atoms with van der Waals surface area (Å²) in [6.07, 6.45) is 1.48. The predicted octanol–water partition coefficient (Wildman–Crippen LogP) is -0.875. The maximum atomic E-state index is 12.1. The number of aromatic amines is 1. The highest BCUT2D eigenvalue weighted by Crippen LogP contribution is 2.06. The van der Waals surface area contributed by atoms with Crippen LogP contribution in [0.5, 0.6) is 0 Å². The number of aliphatic hydroxyl groups is 1. The molecule has 0 aliphatic carbocycles. The standard InChI is InChI=1S/C12H17N3O3/c16-8-7-14-3-5-15(6-4-14)12(18)10-1-2-13-11(17)9-10/h1-2,9,16H,3-8H2,(H,13,17). The molecule has 1 aliphatic heterocycles. The third-order valence-corrected chi connectivity index (χ3v) is 3.10. The number of aromatic nitrogens is 1. The van der Waals surface area contributed by atoms with Crippen molar-refractivity contribution in [1.82, 2.24) is 14.8 Å². The molecule has 1 aliphatic rings. The van der Waals surface area contributed by atoms with Crippen molar-refractivity contribution in [3.8, 4) is 0 Å². The number of carbonyl (C=O) groups is 1. The number of pyridine rings is 1. The normalized spacial score (nSPS) is 16.8. The summed E-state index contributed by atoms with van der Waals surface area (Å²) in [5.41, 5.74) is 0.161. The molecule has 1 amide bonds. The summed E-state index contributed by atoms with van der Waals surface area (Å²) in [6.45, 7) is 3.57. The first-order valence-electron chi connectivity index (χ1n) is 6.02. The average molecular weight is 251 g/mol. The second-order valence-electron chi connectivity index (χ2n) is 4.30. The molecule has 2 heterocycles. The van der Waals surface area contributed by atoms with E-state index in [1.807, 2.05) is 0 Å². The molecule has 98 valence electrons. The Balaban J connectivity index is 1.97. The smallest absolute Gasteiger partial charge is 0.254 e. The zero-order chi connectivity index (χ0) is 13.0. The number of hydrogen-bond acceptors (Lipinski definition) is 4. The van der Waals surface area contributed by atoms with Crippen molar-refractivity contribution < 1.29 is 9.90 Å². The Morgan fingerprint density at radius 1 is 1.33 bits per heavy atom. The number of H-pyrrole nitrogens is 1. The van der Waals surface area contributed by atoms with Gasteiger partial charge >= 0.3 is 0 Å². The fourth-order valence-corrected chi connectivity index (χ4v) is 2.08. The van der Waals surface area contributed by atoms with E-state index in [4.69, 9.17) is 5.11 Å². The quantitative estimate of drug-likeness (QED) is 0.732. The topological polar surface area (TPSA) is 76.6 Å². The summed E-state index contributed by atoms with van der Waals surface area (Å²) in [5, 5.41) is 8.84. The van der Waals surface area contributed by atoms with Crippen molar-refractivity contribution in [2.75, 3.05) is 39.3 Å². The third kappa shape index (κ3) is 2.96. The molecule has 0 unspecified atom stereocenters. The van der Waals surface area contributed by atoms with Gasteiger partial charge in [-0.25, -0.2) is 0 Å². The maximum absolute atomic E-state index is 12.1. The molecule has 1 aromatic heterocycles. The van der Waals surface area contributed by atoms with Crippen LogP contribution in [0, 0.1) is 0 Å². The maximum Gasteiger partial charge on any atom is 0.254 e. The number of rotatable bonds is 3. The lowest BCUT2D eigenvalue weighted by Gasteiger charge is -2.34. The van der Waals surface area contributed by atoms with Crippen molar-refractivity contribution in [2.45, 2.75) is 0 Å². The number of carbonyl (C=O) groups excluding carboxylic acids is 1. The van der Waals surface area contributed by atoms with Crippen LogP contribution in [0.1, 0.15) is 10.4 Å². The number of β-amino-alcohol motifs (C(OH)–C–C–N with tert-alkyl or cyclic N) is 1. The number of nitrogens with zero attached hydrogens (tertiary/aromatic N) is 2. The molecular weight excluding hydrogens is 234 g/mol. The van der Waals surface area contributed by atoms with Gasteiger partial charge in [-0.3, -0.25) is 14.5 Å². The van der Waals surface area contributed by atoms with Crippen molar-refractivity contribution in [3.63, 3.8) is 0 Å². The van der Waals surface area contributed by atoms with Gasteiger partial charge in [-0.1, -0.05) is 0 Å². The Kier molecular flexibility index (Phi) is 4.11. The SMILES string of the molecule is O=C(c1cc[nH]c(=O)c1)N1CCN(CCO)CC1. The molecule has 6 nitrogen and oxygen atoms in total. The molecule has 2 rings (SSSR count). The molecule has 0 spiro atoms. The second-order valence-corrected chi connectivity index (χ2v) is 4.30. The van der Waals surface area contributed by atoms with E-state index in [2.05, 4.69) is 9.88 Å². The Morgan fingerprint density at radius 2 is 2.06 bits per heavy atom. The second kappa shape index (κ2) is 5.79. The van der Waals surface area contributed by atoms with Gasteiger partial charge in [-0.2, -0.15) is 0 Å². The molecule has 1 saturated heterocycles. The molecule has 0 atom stereocenters. The summed E-state index contributed by atoms with van der Waals surface area (Å²) in [4.78, 5) is 29.6. The zero-order valence-corrected chi connectivity index (χ0v) is 10.1. The molecule has 6 heteroatoms. The van der Waals surface area contributed by atoms with Gasteiger partial charge in [0, 0.05) is 50.6 Å². The highest BCUT2D eigenvalue weighted by molar-refractivity contribution is 5.94. The molecule has 18 heavy (non-hydrogen) atoms. The number of aliphatic hydroxyl groups excluding tert-OH is 1. The highest BCUT2D eigenvalue weighted by atomic mass is 16.3. The summed E-state index contributed by atoms with van der Waals surface area (Å²) in [5.74, 6) is -0.107. The molecule has 0 aromatic carbocycles. The van der Waals surface area contributed by atoms with Gasteiger partial charge < -0.3 is 15.0 Å². The summed E-state index contributed by atoms with van der Waals surface area (Å²) in [7, 11) is 0. The van der Waals surface area contributed by atoms with Crippen molar-refractivity contribution >= 4 is 5.91 Å². The van der Waals surface area contributed by atoms with E-state index in [1.54, 1.807) is 11.0 Å². The first kappa shape index (κ1) is 12.8. The predicted molar refractivity (Wildman–Crippen MR) is 66.5 cm³/mol. The monoisotopic (exact) mass is 251 g/mol. The van der Waals surface area contributed by atoms with Crippen molar-refractivity contribution in [3.05, 3.63) is 34.2 Å². The summed E-state index contributed by atoms with van der Waals surface area (Å²) < 4.78 is 0. The van der Waals surface area contributed by atoms with Crippen LogP contribution in [0.25, 0.3) is 0 Å². The minimum absolute atomic E-state index is 0.107. The van der Waals surface area contributed by atoms with E-state index in [0.29, 0.717) is 25.2 Å². The van der Waals surface area contributed by atoms with Gasteiger partial charge in [0.1, 0.15) is 0 Å². The largest absolute Gasteiger partial charge is 0.395 e. The van der Waals surface area contributed by atoms with Gasteiger partial charge in [0.05, 0.1) is 6.61 Å². The van der Waals surface area contributed by atoms with E-state index >= 15 is 0 Å². The first-order chi connectivity index (χ1) is 8.70. The van der Waals surface area contributed by atoms with Crippen LogP contribution in [0.2, 0.25) is 0 Å². The van der Waals surface area contributed by atoms with Crippen molar-refractivity contribution in [1.29, 1.82) is 0 Å². The Morgan fingerprint density at radius 3 is 2.67 bits per heavy atom. The molecule has 2 N–H and O–H groups in total. The highest BCUT2D eigenvalue weighted by Gasteiger charge is 2.21. The van der Waals surface area contributed by atoms with Crippen LogP contribution in [0.4, 0.5) is 0 Å². The van der Waals surface area contributed by atoms with Crippen LogP contribution in [0.3, 0.4) is 0 Å². The van der Waals surface area contributed by atoms with E-state index in [9.17, 15) is 9.59 Å². The zero-order valence-electron chi connectivity index (χ0n) is 10.1. The van der Waals surface area contributed by atoms with Gasteiger partial charge in [0.2, 0.25) is 5.56 Å². The fourth-order valence-electron chi connectivity index (χ4n) is 2.08. The molecule has 0 radical (unpaired) electrons. The fraction of sp³-hybridized carbons (Fsp3) is 0.500. The molecule has 0 saturated carbocycles. The third-order valence-electron chi connectivity index (χ3n) is 3.10. The van der Waals surface area contributed by atoms with E-state index in [0.717, 1.165) is 13.1 Å². The van der Waals surface area contributed by atoms with Gasteiger partial charge in [0.15, 0.2) is 0 Å². The minimum atomic E-state index is -0.264. The van der Waals surface area contributed by atoms with E-state index in [1.165, 1.54) is 12.3 Å². The van der Waals surface area contributed by atoms with Gasteiger partial charge in [-0.15, -0.1) is 0 Å². The minimum Gasteiger partial charge on any atom is -0.395 e.